The molecule has 2 aromatic carbocycles. The van der Waals surface area contributed by atoms with E-state index >= 15 is 0 Å². The van der Waals surface area contributed by atoms with Crippen molar-refractivity contribution >= 4 is 15.9 Å². The number of nitrogens with zero attached hydrogens (tertiary/aromatic N) is 2. The Morgan fingerprint density at radius 2 is 1.65 bits per heavy atom. The Bertz CT molecular complexity index is 1230. The Balaban J connectivity index is 1.89. The lowest BCUT2D eigenvalue weighted by Gasteiger charge is -2.11. The summed E-state index contributed by atoms with van der Waals surface area (Å²) < 4.78 is 41.4. The average Bonchev–Trinajstić information content (AvgIpc) is 2.74. The number of aryl methyl sites for hydroxylation is 1. The molecule has 0 aliphatic heterocycles. The van der Waals surface area contributed by atoms with E-state index in [0.29, 0.717) is 5.75 Å². The number of aromatic nitrogens is 1. The highest BCUT2D eigenvalue weighted by Crippen LogP contribution is 2.15. The Morgan fingerprint density at radius 1 is 1.00 bits per heavy atom. The maximum absolute atomic E-state index is 12.7. The molecule has 31 heavy (non-hydrogen) atoms. The summed E-state index contributed by atoms with van der Waals surface area (Å²) in [6.45, 7) is 1.89. The molecule has 0 bridgehead atoms. The number of amides is 1. The lowest BCUT2D eigenvalue weighted by molar-refractivity contribution is -0.118. The third-order valence-corrected chi connectivity index (χ3v) is 5.69. The molecule has 0 fully saturated rings. The predicted molar refractivity (Wildman–Crippen MR) is 115 cm³/mol. The molecule has 0 atom stereocenters. The van der Waals surface area contributed by atoms with Gasteiger partial charge in [0.15, 0.2) is 0 Å². The molecule has 0 spiro atoms. The lowest BCUT2D eigenvalue weighted by atomic mass is 10.2. The van der Waals surface area contributed by atoms with Gasteiger partial charge in [0.1, 0.15) is 30.1 Å². The summed E-state index contributed by atoms with van der Waals surface area (Å²) in [5.41, 5.74) is 7.24. The summed E-state index contributed by atoms with van der Waals surface area (Å²) in [6, 6.07) is 16.8. The van der Waals surface area contributed by atoms with E-state index in [2.05, 4.69) is 4.40 Å². The molecule has 0 aliphatic rings. The highest BCUT2D eigenvalue weighted by Gasteiger charge is 2.13. The number of methoxy groups -OCH3 is 1. The number of ether oxygens (including phenoxy) is 2. The van der Waals surface area contributed by atoms with Crippen LogP contribution in [0.3, 0.4) is 0 Å². The Morgan fingerprint density at radius 3 is 2.26 bits per heavy atom. The van der Waals surface area contributed by atoms with Crippen LogP contribution in [0.2, 0.25) is 0 Å². The highest BCUT2D eigenvalue weighted by atomic mass is 32.2. The van der Waals surface area contributed by atoms with E-state index in [9.17, 15) is 13.2 Å². The van der Waals surface area contributed by atoms with E-state index in [1.165, 1.54) is 29.0 Å². The van der Waals surface area contributed by atoms with Gasteiger partial charge in [-0.05, 0) is 48.9 Å². The van der Waals surface area contributed by atoms with Gasteiger partial charge >= 0.3 is 0 Å². The van der Waals surface area contributed by atoms with Crippen LogP contribution in [0.25, 0.3) is 0 Å². The van der Waals surface area contributed by atoms with E-state index < -0.39 is 15.9 Å². The number of hydrogen-bond donors (Lipinski definition) is 1. The third-order valence-electron chi connectivity index (χ3n) is 4.40. The SMILES string of the molecule is COc1ccc(COc2cc/c(=N\S(=O)(=O)c3ccc(C)cc3)n(CC(N)=O)c2)cc1. The predicted octanol–water partition coefficient (Wildman–Crippen LogP) is 2.16. The molecule has 0 radical (unpaired) electrons. The first-order chi connectivity index (χ1) is 14.8. The normalized spacial score (nSPS) is 11.9. The number of primary amides is 1. The fraction of sp³-hybridized carbons (Fsp3) is 0.182. The van der Waals surface area contributed by atoms with Gasteiger partial charge in [-0.25, -0.2) is 0 Å². The van der Waals surface area contributed by atoms with Crippen LogP contribution in [0.1, 0.15) is 11.1 Å². The average molecular weight is 442 g/mol. The van der Waals surface area contributed by atoms with Crippen molar-refractivity contribution in [2.24, 2.45) is 10.1 Å². The zero-order valence-corrected chi connectivity index (χ0v) is 18.0. The van der Waals surface area contributed by atoms with Crippen molar-refractivity contribution in [3.05, 3.63) is 83.5 Å². The van der Waals surface area contributed by atoms with Crippen LogP contribution in [-0.4, -0.2) is 26.0 Å². The summed E-state index contributed by atoms with van der Waals surface area (Å²) in [6.07, 6.45) is 1.50. The van der Waals surface area contributed by atoms with Gasteiger partial charge in [-0.2, -0.15) is 8.42 Å². The molecule has 2 N–H and O–H groups in total. The zero-order chi connectivity index (χ0) is 22.4. The zero-order valence-electron chi connectivity index (χ0n) is 17.2. The van der Waals surface area contributed by atoms with Crippen molar-refractivity contribution < 1.29 is 22.7 Å². The summed E-state index contributed by atoms with van der Waals surface area (Å²) >= 11 is 0. The molecule has 3 rings (SSSR count). The molecule has 162 valence electrons. The van der Waals surface area contributed by atoms with Gasteiger partial charge in [0.25, 0.3) is 10.0 Å². The number of pyridine rings is 1. The first-order valence-electron chi connectivity index (χ1n) is 9.39. The van der Waals surface area contributed by atoms with Gasteiger partial charge in [-0.1, -0.05) is 29.8 Å². The second-order valence-electron chi connectivity index (χ2n) is 6.83. The van der Waals surface area contributed by atoms with Crippen molar-refractivity contribution in [1.29, 1.82) is 0 Å². The molecule has 8 nitrogen and oxygen atoms in total. The monoisotopic (exact) mass is 441 g/mol. The van der Waals surface area contributed by atoms with Crippen LogP contribution < -0.4 is 20.7 Å². The fourth-order valence-corrected chi connectivity index (χ4v) is 3.75. The number of carbonyl (C=O) groups is 1. The van der Waals surface area contributed by atoms with Gasteiger partial charge in [-0.3, -0.25) is 4.79 Å². The molecule has 1 amide bonds. The number of sulfonamides is 1. The Labute approximate surface area is 180 Å². The minimum absolute atomic E-state index is 0.0588. The first-order valence-corrected chi connectivity index (χ1v) is 10.8. The van der Waals surface area contributed by atoms with E-state index in [0.717, 1.165) is 16.9 Å². The number of hydrogen-bond acceptors (Lipinski definition) is 5. The second kappa shape index (κ2) is 9.48. The molecule has 0 saturated carbocycles. The summed E-state index contributed by atoms with van der Waals surface area (Å²) in [7, 11) is -2.37. The number of carbonyl (C=O) groups excluding carboxylic acids is 1. The number of nitrogens with two attached hydrogens (primary N) is 1. The van der Waals surface area contributed by atoms with Crippen molar-refractivity contribution in [3.8, 4) is 11.5 Å². The molecule has 0 aliphatic carbocycles. The van der Waals surface area contributed by atoms with Gasteiger partial charge < -0.3 is 19.8 Å². The van der Waals surface area contributed by atoms with Crippen molar-refractivity contribution in [3.63, 3.8) is 0 Å². The largest absolute Gasteiger partial charge is 0.497 e. The highest BCUT2D eigenvalue weighted by molar-refractivity contribution is 7.90. The summed E-state index contributed by atoms with van der Waals surface area (Å²) in [4.78, 5) is 11.6. The maximum atomic E-state index is 12.7. The van der Waals surface area contributed by atoms with E-state index in [4.69, 9.17) is 15.2 Å². The van der Waals surface area contributed by atoms with Crippen LogP contribution in [0.15, 0.2) is 76.2 Å². The third kappa shape index (κ3) is 5.95. The Hall–Kier alpha value is -3.59. The minimum atomic E-state index is -3.96. The number of rotatable bonds is 8. The van der Waals surface area contributed by atoms with E-state index in [1.54, 1.807) is 25.3 Å². The summed E-state index contributed by atoms with van der Waals surface area (Å²) in [5, 5.41) is 0. The Kier molecular flexibility index (Phi) is 6.76. The minimum Gasteiger partial charge on any atom is -0.497 e. The van der Waals surface area contributed by atoms with Gasteiger partial charge in [0.05, 0.1) is 12.0 Å². The van der Waals surface area contributed by atoms with Crippen LogP contribution >= 0.6 is 0 Å². The number of benzene rings is 2. The molecular weight excluding hydrogens is 418 g/mol. The van der Waals surface area contributed by atoms with Crippen molar-refractivity contribution in [2.45, 2.75) is 25.0 Å². The summed E-state index contributed by atoms with van der Waals surface area (Å²) in [5.74, 6) is 0.536. The maximum Gasteiger partial charge on any atom is 0.284 e. The topological polar surface area (TPSA) is 113 Å². The van der Waals surface area contributed by atoms with Gasteiger partial charge in [0, 0.05) is 6.20 Å². The van der Waals surface area contributed by atoms with Gasteiger partial charge in [-0.15, -0.1) is 4.40 Å². The first kappa shape index (κ1) is 22.1. The van der Waals surface area contributed by atoms with Crippen molar-refractivity contribution in [2.75, 3.05) is 7.11 Å². The van der Waals surface area contributed by atoms with Crippen LogP contribution in [0.4, 0.5) is 0 Å². The second-order valence-corrected chi connectivity index (χ2v) is 8.44. The quantitative estimate of drug-likeness (QED) is 0.576. The van der Waals surface area contributed by atoms with Crippen LogP contribution in [-0.2, 0) is 28.0 Å². The smallest absolute Gasteiger partial charge is 0.284 e. The van der Waals surface area contributed by atoms with Gasteiger partial charge in [0.2, 0.25) is 5.91 Å². The molecule has 9 heteroatoms. The molecule has 3 aromatic rings. The fourth-order valence-electron chi connectivity index (χ4n) is 2.75. The molecule has 1 aromatic heterocycles. The van der Waals surface area contributed by atoms with Crippen LogP contribution in [0.5, 0.6) is 11.5 Å². The molecule has 0 unspecified atom stereocenters. The van der Waals surface area contributed by atoms with Crippen LogP contribution in [0, 0.1) is 6.92 Å². The van der Waals surface area contributed by atoms with E-state index in [1.807, 2.05) is 31.2 Å². The molecule has 0 saturated heterocycles. The standard InChI is InChI=1S/C22H23N3O5S/c1-16-3-10-20(11-4-16)31(27,28)24-22-12-9-19(13-25(22)14-21(23)26)30-15-17-5-7-18(29-2)8-6-17/h3-13H,14-15H2,1-2H3,(H2,23,26)/b24-22+. The molecular formula is C22H23N3O5S. The van der Waals surface area contributed by atoms with Crippen molar-refractivity contribution in [1.82, 2.24) is 4.57 Å². The van der Waals surface area contributed by atoms with E-state index in [-0.39, 0.29) is 23.5 Å². The molecule has 1 heterocycles. The lowest BCUT2D eigenvalue weighted by Crippen LogP contribution is -2.29.